The summed E-state index contributed by atoms with van der Waals surface area (Å²) < 4.78 is 0. The lowest BCUT2D eigenvalue weighted by atomic mass is 9.95. The number of nitrogens with zero attached hydrogens (tertiary/aromatic N) is 2. The molecule has 0 amide bonds. The Morgan fingerprint density at radius 2 is 0.595 bits per heavy atom. The second kappa shape index (κ2) is 10.0. The molecule has 0 saturated carbocycles. The minimum absolute atomic E-state index is 0.915. The van der Waals surface area contributed by atoms with Gasteiger partial charge in [-0.2, -0.15) is 0 Å². The second-order valence-corrected chi connectivity index (χ2v) is 10.5. The summed E-state index contributed by atoms with van der Waals surface area (Å²) in [6, 6.07) is 42.4. The maximum atomic E-state index is 4.62. The Balaban J connectivity index is 0.000000132. The van der Waals surface area contributed by atoms with E-state index in [1.807, 2.05) is 42.5 Å². The van der Waals surface area contributed by atoms with Crippen molar-refractivity contribution in [3.8, 4) is 0 Å². The second-order valence-electron chi connectivity index (χ2n) is 10.5. The monoisotopic (exact) mass is 538 g/mol. The van der Waals surface area contributed by atoms with Crippen molar-refractivity contribution in [3.05, 3.63) is 144 Å². The van der Waals surface area contributed by atoms with Crippen molar-refractivity contribution in [2.24, 2.45) is 0 Å². The van der Waals surface area contributed by atoms with E-state index in [-0.39, 0.29) is 0 Å². The highest BCUT2D eigenvalue weighted by molar-refractivity contribution is 6.25. The summed E-state index contributed by atoms with van der Waals surface area (Å²) in [4.78, 5) is 16.0. The zero-order chi connectivity index (χ0) is 27.9. The summed E-state index contributed by atoms with van der Waals surface area (Å²) >= 11 is 0. The summed E-state index contributed by atoms with van der Waals surface area (Å²) in [5.74, 6) is 0. The third-order valence-corrected chi connectivity index (χ3v) is 7.69. The fraction of sp³-hybridized carbons (Fsp3) is 0. The van der Waals surface area contributed by atoms with Crippen LogP contribution in [0.2, 0.25) is 0 Å². The van der Waals surface area contributed by atoms with Gasteiger partial charge in [0.15, 0.2) is 0 Å². The Morgan fingerprint density at radius 3 is 0.929 bits per heavy atom. The number of fused-ring (bicyclic) bond motifs is 14. The van der Waals surface area contributed by atoms with Gasteiger partial charge in [0.1, 0.15) is 0 Å². The Hall–Kier alpha value is -5.74. The zero-order valence-electron chi connectivity index (χ0n) is 22.8. The molecule has 0 spiro atoms. The van der Waals surface area contributed by atoms with Gasteiger partial charge < -0.3 is 9.97 Å². The van der Waals surface area contributed by atoms with Crippen molar-refractivity contribution in [3.63, 3.8) is 0 Å². The topological polar surface area (TPSA) is 57.4 Å². The van der Waals surface area contributed by atoms with E-state index in [1.54, 1.807) is 0 Å². The normalized spacial score (nSPS) is 12.1. The standard InChI is InChI=1S/C20H14N4.C18H12/c1-2-14-10-16-5-6-18(23-16)12-20-8-7-19(24-20)11-17-4-3-15(22-17)9-13(1)21-14;1-2-8-14-13(7-1)15-9-3-4-11-17(15)18-12-6-5-10-16(14)18/h1-12,21-22H;1-12H. The summed E-state index contributed by atoms with van der Waals surface area (Å²) in [5, 5.41) is 8.04. The molecule has 0 unspecified atom stereocenters. The molecule has 4 nitrogen and oxygen atoms in total. The Labute approximate surface area is 242 Å². The van der Waals surface area contributed by atoms with Crippen LogP contribution in [0.3, 0.4) is 0 Å². The third kappa shape index (κ3) is 4.55. The van der Waals surface area contributed by atoms with Crippen LogP contribution in [0.5, 0.6) is 0 Å². The van der Waals surface area contributed by atoms with Crippen molar-refractivity contribution in [1.29, 1.82) is 0 Å². The molecule has 198 valence electrons. The Morgan fingerprint density at radius 1 is 0.310 bits per heavy atom. The summed E-state index contributed by atoms with van der Waals surface area (Å²) in [5.41, 5.74) is 7.86. The van der Waals surface area contributed by atoms with Crippen LogP contribution in [0.1, 0.15) is 22.8 Å². The molecule has 0 fully saturated rings. The van der Waals surface area contributed by atoms with Crippen LogP contribution in [-0.2, 0) is 0 Å². The highest BCUT2D eigenvalue weighted by Gasteiger charge is 2.06. The quantitative estimate of drug-likeness (QED) is 0.189. The molecule has 7 aromatic rings. The highest BCUT2D eigenvalue weighted by Crippen LogP contribution is 2.34. The predicted octanol–water partition coefficient (Wildman–Crippen LogP) is 9.80. The number of aromatic nitrogens is 4. The molecule has 4 heteroatoms. The molecule has 2 aliphatic rings. The average Bonchev–Trinajstić information content (AvgIpc) is 3.85. The van der Waals surface area contributed by atoms with E-state index in [2.05, 4.69) is 123 Å². The van der Waals surface area contributed by atoms with Gasteiger partial charge in [0, 0.05) is 22.1 Å². The minimum atomic E-state index is 0.915. The minimum Gasteiger partial charge on any atom is -0.355 e. The molecule has 0 saturated heterocycles. The van der Waals surface area contributed by atoms with Gasteiger partial charge in [-0.3, -0.25) is 0 Å². The first-order chi connectivity index (χ1) is 20.7. The van der Waals surface area contributed by atoms with Crippen LogP contribution in [0, 0.1) is 0 Å². The molecule has 5 heterocycles. The van der Waals surface area contributed by atoms with E-state index in [9.17, 15) is 0 Å². The Kier molecular flexibility index (Phi) is 5.75. The van der Waals surface area contributed by atoms with Crippen LogP contribution in [-0.4, -0.2) is 19.9 Å². The van der Waals surface area contributed by atoms with Crippen molar-refractivity contribution < 1.29 is 0 Å². The molecule has 3 aromatic heterocycles. The van der Waals surface area contributed by atoms with Gasteiger partial charge in [0.25, 0.3) is 0 Å². The number of hydrogen-bond acceptors (Lipinski definition) is 2. The van der Waals surface area contributed by atoms with Crippen molar-refractivity contribution >= 4 is 78.7 Å². The summed E-state index contributed by atoms with van der Waals surface area (Å²) in [7, 11) is 0. The van der Waals surface area contributed by atoms with E-state index in [0.717, 1.165) is 44.8 Å². The lowest BCUT2D eigenvalue weighted by Crippen LogP contribution is -1.81. The van der Waals surface area contributed by atoms with E-state index in [4.69, 9.17) is 0 Å². The van der Waals surface area contributed by atoms with Crippen LogP contribution in [0.4, 0.5) is 0 Å². The van der Waals surface area contributed by atoms with E-state index in [1.165, 1.54) is 32.3 Å². The molecule has 4 aromatic carbocycles. The first-order valence-corrected chi connectivity index (χ1v) is 14.1. The molecule has 2 N–H and O–H groups in total. The number of nitrogens with one attached hydrogen (secondary N) is 2. The smallest absolute Gasteiger partial charge is 0.0659 e. The molecular weight excluding hydrogens is 512 g/mol. The van der Waals surface area contributed by atoms with Crippen LogP contribution in [0.15, 0.2) is 121 Å². The molecule has 8 bridgehead atoms. The predicted molar refractivity (Wildman–Crippen MR) is 178 cm³/mol. The largest absolute Gasteiger partial charge is 0.355 e. The SMILES string of the molecule is C1=Cc2cc3ccc(cc4ccc(cc5nc(cc1n2)C=C5)[nH]4)[nH]3.c1ccc2c(c1)c1ccccc1c1ccccc21. The first-order valence-electron chi connectivity index (χ1n) is 14.1. The molecule has 0 aliphatic carbocycles. The molecule has 2 aliphatic heterocycles. The highest BCUT2D eigenvalue weighted by atomic mass is 14.8. The van der Waals surface area contributed by atoms with Gasteiger partial charge in [-0.1, -0.05) is 72.8 Å². The number of aromatic amines is 2. The number of H-pyrrole nitrogens is 2. The van der Waals surface area contributed by atoms with Gasteiger partial charge in [-0.25, -0.2) is 9.97 Å². The van der Waals surface area contributed by atoms with Crippen LogP contribution in [0.25, 0.3) is 78.7 Å². The van der Waals surface area contributed by atoms with Crippen molar-refractivity contribution in [1.82, 2.24) is 19.9 Å². The molecule has 0 radical (unpaired) electrons. The van der Waals surface area contributed by atoms with Crippen LogP contribution >= 0.6 is 0 Å². The maximum absolute atomic E-state index is 4.62. The van der Waals surface area contributed by atoms with Crippen molar-refractivity contribution in [2.45, 2.75) is 0 Å². The van der Waals surface area contributed by atoms with Crippen LogP contribution < -0.4 is 0 Å². The van der Waals surface area contributed by atoms with E-state index in [0.29, 0.717) is 0 Å². The summed E-state index contributed by atoms with van der Waals surface area (Å²) in [6.45, 7) is 0. The number of hydrogen-bond donors (Lipinski definition) is 2. The average molecular weight is 539 g/mol. The number of benzene rings is 4. The lowest BCUT2D eigenvalue weighted by Gasteiger charge is -2.09. The van der Waals surface area contributed by atoms with Gasteiger partial charge in [0.05, 0.1) is 22.8 Å². The van der Waals surface area contributed by atoms with Gasteiger partial charge in [-0.15, -0.1) is 0 Å². The van der Waals surface area contributed by atoms with Crippen molar-refractivity contribution in [2.75, 3.05) is 0 Å². The fourth-order valence-corrected chi connectivity index (χ4v) is 5.80. The molecule has 42 heavy (non-hydrogen) atoms. The van der Waals surface area contributed by atoms with Gasteiger partial charge >= 0.3 is 0 Å². The molecular formula is C38H26N4. The maximum Gasteiger partial charge on any atom is 0.0659 e. The lowest BCUT2D eigenvalue weighted by molar-refractivity contribution is 1.28. The zero-order valence-corrected chi connectivity index (χ0v) is 22.8. The van der Waals surface area contributed by atoms with Gasteiger partial charge in [-0.05, 0) is 105 Å². The first kappa shape index (κ1) is 24.1. The molecule has 9 rings (SSSR count). The van der Waals surface area contributed by atoms with Gasteiger partial charge in [0.2, 0.25) is 0 Å². The summed E-state index contributed by atoms with van der Waals surface area (Å²) in [6.07, 6.45) is 8.05. The number of rotatable bonds is 0. The Bertz CT molecular complexity index is 2060. The van der Waals surface area contributed by atoms with E-state index >= 15 is 0 Å². The fourth-order valence-electron chi connectivity index (χ4n) is 5.80. The van der Waals surface area contributed by atoms with E-state index < -0.39 is 0 Å². The molecule has 0 atom stereocenters. The third-order valence-electron chi connectivity index (χ3n) is 7.69.